The van der Waals surface area contributed by atoms with E-state index in [0.717, 1.165) is 16.9 Å². The van der Waals surface area contributed by atoms with E-state index in [2.05, 4.69) is 5.32 Å². The summed E-state index contributed by atoms with van der Waals surface area (Å²) in [6.07, 6.45) is 0.0969. The second-order valence-electron chi connectivity index (χ2n) is 5.42. The van der Waals surface area contributed by atoms with E-state index in [9.17, 15) is 9.59 Å². The Kier molecular flexibility index (Phi) is 6.83. The molecule has 2 rings (SSSR count). The Morgan fingerprint density at radius 1 is 1.12 bits per heavy atom. The van der Waals surface area contributed by atoms with Gasteiger partial charge in [0, 0.05) is 10.7 Å². The molecular formula is C19H20ClNO4. The van der Waals surface area contributed by atoms with E-state index >= 15 is 0 Å². The molecule has 0 aliphatic heterocycles. The fourth-order valence-corrected chi connectivity index (χ4v) is 2.41. The summed E-state index contributed by atoms with van der Waals surface area (Å²) in [7, 11) is 0. The Morgan fingerprint density at radius 3 is 2.48 bits per heavy atom. The highest BCUT2D eigenvalue weighted by Crippen LogP contribution is 2.19. The van der Waals surface area contributed by atoms with Crippen molar-refractivity contribution in [3.8, 4) is 5.75 Å². The Morgan fingerprint density at radius 2 is 1.84 bits per heavy atom. The van der Waals surface area contributed by atoms with Crippen molar-refractivity contribution in [2.45, 2.75) is 20.3 Å². The Balaban J connectivity index is 1.79. The summed E-state index contributed by atoms with van der Waals surface area (Å²) in [6.45, 7) is 3.99. The zero-order chi connectivity index (χ0) is 18.2. The molecule has 0 saturated carbocycles. The van der Waals surface area contributed by atoms with E-state index in [4.69, 9.17) is 21.1 Å². The topological polar surface area (TPSA) is 64.6 Å². The average molecular weight is 362 g/mol. The van der Waals surface area contributed by atoms with Crippen LogP contribution in [0.2, 0.25) is 5.02 Å². The van der Waals surface area contributed by atoms with E-state index in [0.29, 0.717) is 17.3 Å². The van der Waals surface area contributed by atoms with Gasteiger partial charge < -0.3 is 14.8 Å². The lowest BCUT2D eigenvalue weighted by Crippen LogP contribution is -2.22. The van der Waals surface area contributed by atoms with E-state index in [-0.39, 0.29) is 13.0 Å². The molecule has 0 bridgehead atoms. The lowest BCUT2D eigenvalue weighted by Gasteiger charge is -2.09. The van der Waals surface area contributed by atoms with Crippen molar-refractivity contribution in [1.82, 2.24) is 0 Å². The minimum absolute atomic E-state index is 0.0969. The molecule has 0 spiro atoms. The summed E-state index contributed by atoms with van der Waals surface area (Å²) >= 11 is 5.87. The smallest absolute Gasteiger partial charge is 0.310 e. The molecule has 2 aromatic rings. The number of anilines is 1. The van der Waals surface area contributed by atoms with Crippen LogP contribution in [0.1, 0.15) is 18.1 Å². The number of nitrogens with one attached hydrogen (secondary N) is 1. The van der Waals surface area contributed by atoms with Crippen molar-refractivity contribution < 1.29 is 19.1 Å². The third-order valence-electron chi connectivity index (χ3n) is 3.41. The van der Waals surface area contributed by atoms with Crippen molar-refractivity contribution in [3.63, 3.8) is 0 Å². The molecule has 0 aromatic heterocycles. The molecule has 0 atom stereocenters. The van der Waals surface area contributed by atoms with Gasteiger partial charge in [0.05, 0.1) is 13.0 Å². The summed E-state index contributed by atoms with van der Waals surface area (Å²) in [5.74, 6) is -0.116. The number of benzene rings is 2. The van der Waals surface area contributed by atoms with Gasteiger partial charge in [-0.3, -0.25) is 9.59 Å². The second-order valence-corrected chi connectivity index (χ2v) is 5.86. The van der Waals surface area contributed by atoms with E-state index < -0.39 is 11.9 Å². The number of hydrogen-bond donors (Lipinski definition) is 1. The van der Waals surface area contributed by atoms with Crippen molar-refractivity contribution in [2.75, 3.05) is 18.5 Å². The molecular weight excluding hydrogens is 342 g/mol. The van der Waals surface area contributed by atoms with Gasteiger partial charge in [-0.15, -0.1) is 0 Å². The maximum absolute atomic E-state index is 11.9. The molecule has 0 unspecified atom stereocenters. The van der Waals surface area contributed by atoms with Crippen LogP contribution in [0.4, 0.5) is 5.69 Å². The number of halogens is 1. The second kappa shape index (κ2) is 9.08. The van der Waals surface area contributed by atoms with Crippen molar-refractivity contribution in [2.24, 2.45) is 0 Å². The molecule has 2 aromatic carbocycles. The summed E-state index contributed by atoms with van der Waals surface area (Å²) in [4.78, 5) is 23.7. The monoisotopic (exact) mass is 361 g/mol. The summed E-state index contributed by atoms with van der Waals surface area (Å²) < 4.78 is 10.4. The van der Waals surface area contributed by atoms with Gasteiger partial charge >= 0.3 is 5.97 Å². The van der Waals surface area contributed by atoms with E-state index in [1.54, 1.807) is 42.5 Å². The van der Waals surface area contributed by atoms with E-state index in [1.165, 1.54) is 0 Å². The molecule has 1 amide bonds. The highest BCUT2D eigenvalue weighted by atomic mass is 35.5. The minimum atomic E-state index is -0.466. The van der Waals surface area contributed by atoms with Crippen molar-refractivity contribution >= 4 is 29.2 Å². The summed E-state index contributed by atoms with van der Waals surface area (Å²) in [5, 5.41) is 3.28. The third kappa shape index (κ3) is 6.12. The van der Waals surface area contributed by atoms with Gasteiger partial charge in [-0.1, -0.05) is 23.7 Å². The maximum atomic E-state index is 11.9. The fourth-order valence-electron chi connectivity index (χ4n) is 2.19. The molecule has 0 saturated heterocycles. The van der Waals surface area contributed by atoms with E-state index in [1.807, 2.05) is 13.8 Å². The number of carbonyl (C=O) groups excluding carboxylic acids is 2. The number of carbonyl (C=O) groups is 2. The number of aryl methyl sites for hydroxylation is 1. The first kappa shape index (κ1) is 18.8. The molecule has 1 N–H and O–H groups in total. The van der Waals surface area contributed by atoms with Crippen molar-refractivity contribution in [1.29, 1.82) is 0 Å². The average Bonchev–Trinajstić information content (AvgIpc) is 2.58. The van der Waals surface area contributed by atoms with Crippen LogP contribution in [0.5, 0.6) is 5.75 Å². The molecule has 0 heterocycles. The van der Waals surface area contributed by atoms with Gasteiger partial charge in [-0.25, -0.2) is 0 Å². The molecule has 0 radical (unpaired) electrons. The van der Waals surface area contributed by atoms with Gasteiger partial charge in [0.15, 0.2) is 6.61 Å². The van der Waals surface area contributed by atoms with Crippen LogP contribution < -0.4 is 10.1 Å². The zero-order valence-electron chi connectivity index (χ0n) is 14.2. The van der Waals surface area contributed by atoms with Crippen LogP contribution in [0, 0.1) is 6.92 Å². The van der Waals surface area contributed by atoms with Crippen LogP contribution in [-0.2, 0) is 20.7 Å². The standard InChI is InChI=1S/C19H20ClNO4/c1-3-24-16-7-4-14(5-8-16)11-19(23)25-12-18(22)21-17-9-6-15(20)10-13(17)2/h4-10H,3,11-12H2,1-2H3,(H,21,22). The Bertz CT molecular complexity index is 744. The lowest BCUT2D eigenvalue weighted by molar-refractivity contribution is -0.146. The van der Waals surface area contributed by atoms with Crippen LogP contribution in [0.25, 0.3) is 0 Å². The van der Waals surface area contributed by atoms with Gasteiger partial charge in [0.25, 0.3) is 5.91 Å². The third-order valence-corrected chi connectivity index (χ3v) is 3.64. The lowest BCUT2D eigenvalue weighted by atomic mass is 10.1. The molecule has 0 fully saturated rings. The largest absolute Gasteiger partial charge is 0.494 e. The van der Waals surface area contributed by atoms with Gasteiger partial charge in [-0.2, -0.15) is 0 Å². The number of rotatable bonds is 7. The van der Waals surface area contributed by atoms with Crippen LogP contribution in [-0.4, -0.2) is 25.1 Å². The molecule has 6 heteroatoms. The SMILES string of the molecule is CCOc1ccc(CC(=O)OCC(=O)Nc2ccc(Cl)cc2C)cc1. The highest BCUT2D eigenvalue weighted by molar-refractivity contribution is 6.30. The van der Waals surface area contributed by atoms with Crippen LogP contribution in [0.3, 0.4) is 0 Å². The normalized spacial score (nSPS) is 10.2. The van der Waals surface area contributed by atoms with Gasteiger partial charge in [-0.05, 0) is 55.3 Å². The quantitative estimate of drug-likeness (QED) is 0.762. The number of ether oxygens (including phenoxy) is 2. The first-order valence-corrected chi connectivity index (χ1v) is 8.29. The zero-order valence-corrected chi connectivity index (χ0v) is 14.9. The molecule has 0 aliphatic carbocycles. The van der Waals surface area contributed by atoms with Crippen LogP contribution in [0.15, 0.2) is 42.5 Å². The number of esters is 1. The molecule has 5 nitrogen and oxygen atoms in total. The predicted molar refractivity (Wildman–Crippen MR) is 97.1 cm³/mol. The van der Waals surface area contributed by atoms with Crippen molar-refractivity contribution in [3.05, 3.63) is 58.6 Å². The number of hydrogen-bond acceptors (Lipinski definition) is 4. The van der Waals surface area contributed by atoms with Crippen LogP contribution >= 0.6 is 11.6 Å². The first-order chi connectivity index (χ1) is 12.0. The fraction of sp³-hybridized carbons (Fsp3) is 0.263. The van der Waals surface area contributed by atoms with Gasteiger partial charge in [0.2, 0.25) is 0 Å². The summed E-state index contributed by atoms with van der Waals surface area (Å²) in [5.41, 5.74) is 2.26. The molecule has 0 aliphatic rings. The maximum Gasteiger partial charge on any atom is 0.310 e. The number of amides is 1. The Labute approximate surface area is 151 Å². The molecule has 132 valence electrons. The minimum Gasteiger partial charge on any atom is -0.494 e. The summed E-state index contributed by atoms with van der Waals surface area (Å²) in [6, 6.07) is 12.3. The Hall–Kier alpha value is -2.53. The first-order valence-electron chi connectivity index (χ1n) is 7.91. The predicted octanol–water partition coefficient (Wildman–Crippen LogP) is 3.77. The highest BCUT2D eigenvalue weighted by Gasteiger charge is 2.10. The molecule has 25 heavy (non-hydrogen) atoms. The van der Waals surface area contributed by atoms with Gasteiger partial charge in [0.1, 0.15) is 5.75 Å².